The molecule has 0 saturated heterocycles. The van der Waals surface area contributed by atoms with Gasteiger partial charge in [0.05, 0.1) is 11.6 Å². The average molecular weight is 281 g/mol. The number of rotatable bonds is 2. The van der Waals surface area contributed by atoms with Gasteiger partial charge in [-0.05, 0) is 35.5 Å². The van der Waals surface area contributed by atoms with Crippen molar-refractivity contribution >= 4 is 5.91 Å². The highest BCUT2D eigenvalue weighted by atomic mass is 19.4. The van der Waals surface area contributed by atoms with Crippen molar-refractivity contribution in [1.29, 1.82) is 0 Å². The third-order valence-electron chi connectivity index (χ3n) is 7.35. The second-order valence-corrected chi connectivity index (χ2v) is 7.03. The Labute approximate surface area is 110 Å². The van der Waals surface area contributed by atoms with Crippen molar-refractivity contribution in [2.45, 2.75) is 11.6 Å². The van der Waals surface area contributed by atoms with Gasteiger partial charge in [-0.1, -0.05) is 0 Å². The van der Waals surface area contributed by atoms with Crippen LogP contribution in [-0.4, -0.2) is 15.9 Å². The molecule has 0 spiro atoms. The zero-order chi connectivity index (χ0) is 13.8. The Morgan fingerprint density at radius 3 is 2.15 bits per heavy atom. The molecule has 7 rings (SSSR count). The molecule has 0 bridgehead atoms. The van der Waals surface area contributed by atoms with E-state index in [1.54, 1.807) is 0 Å². The highest BCUT2D eigenvalue weighted by Gasteiger charge is 3.12. The van der Waals surface area contributed by atoms with Crippen LogP contribution in [0.2, 0.25) is 0 Å². The summed E-state index contributed by atoms with van der Waals surface area (Å²) >= 11 is 0. The van der Waals surface area contributed by atoms with E-state index in [-0.39, 0.29) is 16.7 Å². The van der Waals surface area contributed by atoms with Crippen molar-refractivity contribution < 1.29 is 18.0 Å². The van der Waals surface area contributed by atoms with Crippen molar-refractivity contribution in [1.82, 2.24) is 9.97 Å². The van der Waals surface area contributed by atoms with E-state index < -0.39 is 11.9 Å². The number of H-pyrrole nitrogens is 1. The minimum absolute atomic E-state index is 0.166. The topological polar surface area (TPSA) is 71.8 Å². The van der Waals surface area contributed by atoms with Gasteiger partial charge in [-0.15, -0.1) is 0 Å². The lowest BCUT2D eigenvalue weighted by atomic mass is 8.92. The molecule has 1 aromatic rings. The van der Waals surface area contributed by atoms with Crippen LogP contribution >= 0.6 is 0 Å². The Morgan fingerprint density at radius 2 is 1.75 bits per heavy atom. The van der Waals surface area contributed by atoms with Gasteiger partial charge >= 0.3 is 6.18 Å². The lowest BCUT2D eigenvalue weighted by molar-refractivity contribution is -0.611. The van der Waals surface area contributed by atoms with E-state index in [2.05, 4.69) is 9.97 Å². The van der Waals surface area contributed by atoms with Crippen LogP contribution in [0.25, 0.3) is 0 Å². The summed E-state index contributed by atoms with van der Waals surface area (Å²) in [6.07, 6.45) is -3.49. The number of nitrogens with two attached hydrogens (primary N) is 1. The van der Waals surface area contributed by atoms with Gasteiger partial charge in [-0.2, -0.15) is 13.2 Å². The van der Waals surface area contributed by atoms with Crippen LogP contribution in [0.4, 0.5) is 13.2 Å². The number of alkyl halides is 3. The molecule has 1 heterocycles. The fourth-order valence-corrected chi connectivity index (χ4v) is 7.18. The predicted octanol–water partition coefficient (Wildman–Crippen LogP) is 0.903. The number of imidazole rings is 1. The van der Waals surface area contributed by atoms with Crippen LogP contribution in [0.15, 0.2) is 6.20 Å². The molecule has 1 aromatic heterocycles. The number of nitrogens with one attached hydrogen (secondary N) is 1. The minimum Gasteiger partial charge on any atom is -0.369 e. The summed E-state index contributed by atoms with van der Waals surface area (Å²) in [5, 5.41) is 0. The molecule has 0 unspecified atom stereocenters. The molecule has 6 fully saturated rings. The molecule has 0 radical (unpaired) electrons. The lowest BCUT2D eigenvalue weighted by Gasteiger charge is -3.10. The molecule has 6 aliphatic carbocycles. The molecule has 6 saturated carbocycles. The molecule has 0 aromatic carbocycles. The van der Waals surface area contributed by atoms with Crippen molar-refractivity contribution in [3.8, 4) is 0 Å². The van der Waals surface area contributed by atoms with Gasteiger partial charge in [-0.25, -0.2) is 4.98 Å². The normalized spacial score (nSPS) is 58.5. The molecule has 3 N–H and O–H groups in total. The maximum Gasteiger partial charge on any atom is 0.432 e. The first-order valence-electron chi connectivity index (χ1n) is 6.81. The third-order valence-corrected chi connectivity index (χ3v) is 7.35. The van der Waals surface area contributed by atoms with E-state index >= 15 is 0 Å². The van der Waals surface area contributed by atoms with Crippen LogP contribution in [0, 0.1) is 40.9 Å². The monoisotopic (exact) mass is 281 g/mol. The quantitative estimate of drug-likeness (QED) is 0.845. The van der Waals surface area contributed by atoms with E-state index in [4.69, 9.17) is 5.73 Å². The summed E-state index contributed by atoms with van der Waals surface area (Å²) in [5.74, 6) is 2.35. The highest BCUT2D eigenvalue weighted by molar-refractivity contribution is 5.92. The van der Waals surface area contributed by atoms with Crippen LogP contribution in [0.1, 0.15) is 11.5 Å². The number of primary amides is 1. The number of aromatic amines is 1. The fourth-order valence-electron chi connectivity index (χ4n) is 7.18. The molecule has 4 nitrogen and oxygen atoms in total. The third kappa shape index (κ3) is 0.540. The van der Waals surface area contributed by atoms with E-state index in [9.17, 15) is 18.0 Å². The van der Waals surface area contributed by atoms with Crippen LogP contribution < -0.4 is 5.73 Å². The minimum atomic E-state index is -4.38. The zero-order valence-electron chi connectivity index (χ0n) is 10.1. The maximum absolute atomic E-state index is 12.7. The van der Waals surface area contributed by atoms with Gasteiger partial charge in [0, 0.05) is 5.41 Å². The Morgan fingerprint density at radius 1 is 1.20 bits per heavy atom. The molecular formula is C13H10F3N3O. The molecule has 0 atom stereocenters. The molecular weight excluding hydrogens is 271 g/mol. The Bertz CT molecular complexity index is 667. The van der Waals surface area contributed by atoms with E-state index in [1.807, 2.05) is 0 Å². The Balaban J connectivity index is 1.40. The second kappa shape index (κ2) is 2.19. The number of halogens is 3. The van der Waals surface area contributed by atoms with Gasteiger partial charge in [0.25, 0.3) is 0 Å². The number of nitrogens with zero attached hydrogens (tertiary/aromatic N) is 1. The largest absolute Gasteiger partial charge is 0.432 e. The van der Waals surface area contributed by atoms with Crippen molar-refractivity contribution in [3.63, 3.8) is 0 Å². The summed E-state index contributed by atoms with van der Waals surface area (Å²) in [6.45, 7) is 0. The van der Waals surface area contributed by atoms with Gasteiger partial charge in [0.2, 0.25) is 5.91 Å². The highest BCUT2D eigenvalue weighted by Crippen LogP contribution is 3.09. The number of hydrogen-bond acceptors (Lipinski definition) is 2. The molecule has 6 aliphatic rings. The van der Waals surface area contributed by atoms with Crippen LogP contribution in [-0.2, 0) is 16.4 Å². The first-order valence-corrected chi connectivity index (χ1v) is 6.81. The second-order valence-electron chi connectivity index (χ2n) is 7.03. The smallest absolute Gasteiger partial charge is 0.369 e. The molecule has 104 valence electrons. The summed E-state index contributed by atoms with van der Waals surface area (Å²) < 4.78 is 38.0. The van der Waals surface area contributed by atoms with Crippen molar-refractivity contribution in [2.75, 3.05) is 0 Å². The van der Waals surface area contributed by atoms with E-state index in [1.165, 1.54) is 0 Å². The van der Waals surface area contributed by atoms with E-state index in [0.29, 0.717) is 41.3 Å². The standard InChI is InChI=1S/C13H10F3N3O/c14-13(15,16)2-1-18-10(19-2)12-6-3-7(12)5-8(12)4(6)11(3,5)9(17)20/h1,3-8H,(H2,17,20)(H,18,19). The summed E-state index contributed by atoms with van der Waals surface area (Å²) in [7, 11) is 0. The first-order chi connectivity index (χ1) is 9.39. The van der Waals surface area contributed by atoms with Crippen molar-refractivity contribution in [2.24, 2.45) is 46.7 Å². The molecule has 7 heteroatoms. The van der Waals surface area contributed by atoms with Crippen molar-refractivity contribution in [3.05, 3.63) is 17.7 Å². The van der Waals surface area contributed by atoms with Crippen LogP contribution in [0.3, 0.4) is 0 Å². The van der Waals surface area contributed by atoms with Gasteiger partial charge in [0.1, 0.15) is 11.5 Å². The number of amides is 1. The Kier molecular flexibility index (Phi) is 1.12. The van der Waals surface area contributed by atoms with Gasteiger partial charge < -0.3 is 10.7 Å². The molecule has 20 heavy (non-hydrogen) atoms. The van der Waals surface area contributed by atoms with E-state index in [0.717, 1.165) is 6.20 Å². The summed E-state index contributed by atoms with van der Waals surface area (Å²) in [5.41, 5.74) is 4.32. The fraction of sp³-hybridized carbons (Fsp3) is 0.692. The average Bonchev–Trinajstić information content (AvgIpc) is 2.87. The SMILES string of the molecule is NC(=O)C12C3C4C1C1C2C3C41c1ncc(C(F)(F)F)[nH]1. The lowest BCUT2D eigenvalue weighted by Crippen LogP contribution is -3.12. The number of aromatic nitrogens is 2. The number of carbonyl (C=O) groups is 1. The van der Waals surface area contributed by atoms with Gasteiger partial charge in [0.15, 0.2) is 0 Å². The summed E-state index contributed by atoms with van der Waals surface area (Å²) in [6, 6.07) is 0. The zero-order valence-corrected chi connectivity index (χ0v) is 10.1. The van der Waals surface area contributed by atoms with Gasteiger partial charge in [-0.3, -0.25) is 4.79 Å². The number of hydrogen-bond donors (Lipinski definition) is 2. The molecule has 1 amide bonds. The summed E-state index contributed by atoms with van der Waals surface area (Å²) in [4.78, 5) is 18.1. The number of carbonyl (C=O) groups excluding carboxylic acids is 1. The first kappa shape index (κ1) is 10.2. The predicted molar refractivity (Wildman–Crippen MR) is 57.8 cm³/mol. The van der Waals surface area contributed by atoms with Crippen LogP contribution in [0.5, 0.6) is 0 Å². The Hall–Kier alpha value is -1.53. The molecule has 0 aliphatic heterocycles. The maximum atomic E-state index is 12.7.